The maximum absolute atomic E-state index is 12.2. The second kappa shape index (κ2) is 20.2. The molecular weight excluding hydrogens is 767 g/mol. The fourth-order valence-corrected chi connectivity index (χ4v) is 6.55. The second-order valence-corrected chi connectivity index (χ2v) is 13.7. The lowest BCUT2D eigenvalue weighted by Gasteiger charge is -2.26. The number of anilines is 3. The van der Waals surface area contributed by atoms with E-state index in [-0.39, 0.29) is 30.0 Å². The zero-order valence-corrected chi connectivity index (χ0v) is 32.3. The molecule has 1 fully saturated rings. The van der Waals surface area contributed by atoms with Crippen LogP contribution < -0.4 is 10.2 Å². The summed E-state index contributed by atoms with van der Waals surface area (Å²) in [5.41, 5.74) is 5.19. The normalized spacial score (nSPS) is 12.6. The number of nitrogens with one attached hydrogen (secondary N) is 1. The first-order valence-corrected chi connectivity index (χ1v) is 18.9. The van der Waals surface area contributed by atoms with Crippen LogP contribution in [0.15, 0.2) is 105 Å². The molecule has 5 aromatic rings. The maximum Gasteiger partial charge on any atom is 0.337 e. The summed E-state index contributed by atoms with van der Waals surface area (Å²) in [6.45, 7) is 2.44. The lowest BCUT2D eigenvalue weighted by Crippen LogP contribution is -2.34. The highest BCUT2D eigenvalue weighted by molar-refractivity contribution is 7.99. The van der Waals surface area contributed by atoms with Crippen molar-refractivity contribution in [2.75, 3.05) is 49.0 Å². The standard InChI is InChI=1S/C40H37N9O8S/c1-54-37(52)29-19-30(38(53)55-2)21-35(20-29)48-46-33-9-7-31(8-10-33)41-39-42-36(43-40(44-39)49-11-13-58-14-12-49)18-26-3-5-32(6-4-26)45-47-34-16-27(22-56-24-50)15-28(17-34)23-57-25-51/h3-10,15-17,19-21,24-25H,11-14,18,22-23H2,1-2H3,(H,41,42,43,44). The summed E-state index contributed by atoms with van der Waals surface area (Å²) in [7, 11) is 2.49. The van der Waals surface area contributed by atoms with Gasteiger partial charge >= 0.3 is 11.9 Å². The van der Waals surface area contributed by atoms with Crippen molar-refractivity contribution in [1.82, 2.24) is 15.0 Å². The number of azo groups is 2. The summed E-state index contributed by atoms with van der Waals surface area (Å²) in [5.74, 6) is 2.23. The summed E-state index contributed by atoms with van der Waals surface area (Å²) >= 11 is 1.89. The van der Waals surface area contributed by atoms with Gasteiger partial charge in [0.1, 0.15) is 19.0 Å². The Kier molecular flexibility index (Phi) is 14.1. The molecule has 18 heteroatoms. The molecule has 1 aliphatic rings. The number of thioether (sulfide) groups is 1. The summed E-state index contributed by atoms with van der Waals surface area (Å²) in [5, 5.41) is 20.5. The number of esters is 2. The molecule has 0 aliphatic carbocycles. The van der Waals surface area contributed by atoms with E-state index in [0.717, 1.165) is 30.2 Å². The fourth-order valence-electron chi connectivity index (χ4n) is 5.65. The van der Waals surface area contributed by atoms with Crippen molar-refractivity contribution in [3.63, 3.8) is 0 Å². The molecule has 4 aromatic carbocycles. The van der Waals surface area contributed by atoms with E-state index in [9.17, 15) is 19.2 Å². The number of hydrogen-bond acceptors (Lipinski definition) is 18. The summed E-state index contributed by atoms with van der Waals surface area (Å²) < 4.78 is 19.3. The minimum atomic E-state index is -0.624. The molecule has 58 heavy (non-hydrogen) atoms. The monoisotopic (exact) mass is 803 g/mol. The topological polar surface area (TPSA) is 209 Å². The SMILES string of the molecule is COC(=O)c1cc(N=Nc2ccc(Nc3nc(Cc4ccc(N=Nc5cc(COC=O)cc(COC=O)c5)cc4)nc(N4CCSCC4)n3)cc2)cc(C(=O)OC)c1. The van der Waals surface area contributed by atoms with Crippen molar-refractivity contribution in [3.05, 3.63) is 119 Å². The maximum atomic E-state index is 12.2. The summed E-state index contributed by atoms with van der Waals surface area (Å²) in [6, 6.07) is 24.2. The molecule has 0 saturated carbocycles. The van der Waals surface area contributed by atoms with Gasteiger partial charge in [-0.2, -0.15) is 47.2 Å². The Balaban J connectivity index is 1.16. The second-order valence-electron chi connectivity index (χ2n) is 12.5. The molecule has 0 unspecified atom stereocenters. The average Bonchev–Trinajstić information content (AvgIpc) is 3.26. The van der Waals surface area contributed by atoms with Crippen molar-refractivity contribution in [2.24, 2.45) is 20.5 Å². The first-order chi connectivity index (χ1) is 28.3. The van der Waals surface area contributed by atoms with Gasteiger partial charge in [-0.1, -0.05) is 12.1 Å². The first kappa shape index (κ1) is 40.6. The molecule has 0 atom stereocenters. The van der Waals surface area contributed by atoms with Gasteiger partial charge < -0.3 is 29.2 Å². The van der Waals surface area contributed by atoms with Gasteiger partial charge in [0, 0.05) is 36.7 Å². The van der Waals surface area contributed by atoms with Crippen LogP contribution in [0, 0.1) is 0 Å². The predicted molar refractivity (Wildman–Crippen MR) is 214 cm³/mol. The van der Waals surface area contributed by atoms with Crippen molar-refractivity contribution >= 4 is 77.0 Å². The molecule has 1 aromatic heterocycles. The lowest BCUT2D eigenvalue weighted by atomic mass is 10.1. The van der Waals surface area contributed by atoms with Gasteiger partial charge in [0.05, 0.1) is 48.1 Å². The van der Waals surface area contributed by atoms with E-state index < -0.39 is 11.9 Å². The molecule has 1 saturated heterocycles. The number of carbonyl (C=O) groups is 4. The number of nitrogens with zero attached hydrogens (tertiary/aromatic N) is 8. The Morgan fingerprint density at radius 1 is 0.672 bits per heavy atom. The van der Waals surface area contributed by atoms with Crippen molar-refractivity contribution in [3.8, 4) is 0 Å². The Morgan fingerprint density at radius 3 is 1.76 bits per heavy atom. The van der Waals surface area contributed by atoms with Crippen molar-refractivity contribution < 1.29 is 38.1 Å². The third-order valence-electron chi connectivity index (χ3n) is 8.38. The molecule has 1 aliphatic heterocycles. The molecule has 0 amide bonds. The molecule has 0 bridgehead atoms. The van der Waals surface area contributed by atoms with Gasteiger partial charge in [-0.25, -0.2) is 9.59 Å². The number of hydrogen-bond donors (Lipinski definition) is 1. The van der Waals surface area contributed by atoms with Gasteiger partial charge in [0.2, 0.25) is 11.9 Å². The number of aromatic nitrogens is 3. The van der Waals surface area contributed by atoms with Crippen molar-refractivity contribution in [2.45, 2.75) is 19.6 Å². The van der Waals surface area contributed by atoms with Crippen LogP contribution in [0.4, 0.5) is 40.3 Å². The lowest BCUT2D eigenvalue weighted by molar-refractivity contribution is -0.130. The Bertz CT molecular complexity index is 2240. The number of methoxy groups -OCH3 is 2. The Labute approximate surface area is 336 Å². The molecule has 2 heterocycles. The third-order valence-corrected chi connectivity index (χ3v) is 9.32. The smallest absolute Gasteiger partial charge is 0.337 e. The van der Waals surface area contributed by atoms with Gasteiger partial charge in [-0.3, -0.25) is 9.59 Å². The number of ether oxygens (including phenoxy) is 4. The number of carbonyl (C=O) groups excluding carboxylic acids is 4. The molecular formula is C40H37N9O8S. The van der Waals surface area contributed by atoms with E-state index in [0.29, 0.717) is 71.0 Å². The van der Waals surface area contributed by atoms with Crippen LogP contribution in [-0.4, -0.2) is 78.6 Å². The van der Waals surface area contributed by atoms with Gasteiger partial charge in [0.15, 0.2) is 0 Å². The van der Waals surface area contributed by atoms with E-state index in [1.54, 1.807) is 30.3 Å². The molecule has 1 N–H and O–H groups in total. The highest BCUT2D eigenvalue weighted by Crippen LogP contribution is 2.27. The minimum Gasteiger partial charge on any atom is -0.465 e. The Hall–Kier alpha value is -7.08. The number of rotatable bonds is 17. The molecule has 17 nitrogen and oxygen atoms in total. The molecule has 0 spiro atoms. The zero-order valence-electron chi connectivity index (χ0n) is 31.4. The fraction of sp³-hybridized carbons (Fsp3) is 0.225. The number of benzene rings is 4. The van der Waals surface area contributed by atoms with Gasteiger partial charge in [-0.15, -0.1) is 0 Å². The minimum absolute atomic E-state index is 0.0432. The van der Waals surface area contributed by atoms with Gasteiger partial charge in [0.25, 0.3) is 12.9 Å². The van der Waals surface area contributed by atoms with Gasteiger partial charge in [-0.05, 0) is 89.5 Å². The molecule has 0 radical (unpaired) electrons. The van der Waals surface area contributed by atoms with Crippen LogP contribution in [-0.2, 0) is 48.2 Å². The van der Waals surface area contributed by atoms with Crippen LogP contribution in [0.3, 0.4) is 0 Å². The largest absolute Gasteiger partial charge is 0.465 e. The summed E-state index contributed by atoms with van der Waals surface area (Å²) in [6.07, 6.45) is 0.428. The average molecular weight is 804 g/mol. The van der Waals surface area contributed by atoms with E-state index in [1.165, 1.54) is 32.4 Å². The Morgan fingerprint density at radius 2 is 1.21 bits per heavy atom. The van der Waals surface area contributed by atoms with E-state index in [2.05, 4.69) is 30.7 Å². The van der Waals surface area contributed by atoms with Crippen LogP contribution in [0.25, 0.3) is 0 Å². The van der Waals surface area contributed by atoms with E-state index in [1.807, 2.05) is 48.2 Å². The quantitative estimate of drug-likeness (QED) is 0.0418. The summed E-state index contributed by atoms with van der Waals surface area (Å²) in [4.78, 5) is 62.2. The third kappa shape index (κ3) is 11.5. The van der Waals surface area contributed by atoms with Crippen LogP contribution >= 0.6 is 11.8 Å². The highest BCUT2D eigenvalue weighted by atomic mass is 32.2. The van der Waals surface area contributed by atoms with Crippen LogP contribution in [0.2, 0.25) is 0 Å². The van der Waals surface area contributed by atoms with E-state index in [4.69, 9.17) is 33.9 Å². The zero-order chi connectivity index (χ0) is 40.7. The van der Waals surface area contributed by atoms with Crippen LogP contribution in [0.1, 0.15) is 43.2 Å². The van der Waals surface area contributed by atoms with Crippen LogP contribution in [0.5, 0.6) is 0 Å². The molecule has 6 rings (SSSR count). The van der Waals surface area contributed by atoms with E-state index >= 15 is 0 Å². The van der Waals surface area contributed by atoms with Crippen molar-refractivity contribution in [1.29, 1.82) is 0 Å². The molecule has 296 valence electrons. The predicted octanol–water partition coefficient (Wildman–Crippen LogP) is 7.51. The highest BCUT2D eigenvalue weighted by Gasteiger charge is 2.18. The first-order valence-electron chi connectivity index (χ1n) is 17.7.